The van der Waals surface area contributed by atoms with E-state index in [1.807, 2.05) is 11.8 Å². The van der Waals surface area contributed by atoms with Gasteiger partial charge in [0.05, 0.1) is 12.5 Å². The number of carboxylic acid groups (broad SMARTS) is 1. The van der Waals surface area contributed by atoms with Crippen molar-refractivity contribution >= 4 is 33.6 Å². The molecule has 1 fully saturated rings. The average molecular weight is 342 g/mol. The Kier molecular flexibility index (Phi) is 4.72. The van der Waals surface area contributed by atoms with E-state index in [4.69, 9.17) is 5.11 Å². The Morgan fingerprint density at radius 3 is 2.85 bits per heavy atom. The van der Waals surface area contributed by atoms with Gasteiger partial charge < -0.3 is 10.4 Å². The number of hydrogen-bond acceptors (Lipinski definition) is 4. The van der Waals surface area contributed by atoms with E-state index < -0.39 is 11.9 Å². The molecule has 1 aromatic rings. The molecule has 1 aliphatic heterocycles. The maximum Gasteiger partial charge on any atom is 0.308 e. The smallest absolute Gasteiger partial charge is 0.308 e. The molecule has 0 saturated carbocycles. The number of nitrogens with zero attached hydrogens (tertiary/aromatic N) is 2. The van der Waals surface area contributed by atoms with Crippen LogP contribution in [0.25, 0.3) is 0 Å². The number of amides is 1. The zero-order chi connectivity index (χ0) is 14.7. The molecule has 7 heteroatoms. The molecule has 0 radical (unpaired) electrons. The van der Waals surface area contributed by atoms with E-state index >= 15 is 0 Å². The summed E-state index contributed by atoms with van der Waals surface area (Å²) in [5, 5.41) is 11.8. The van der Waals surface area contributed by atoms with Gasteiger partial charge in [0.2, 0.25) is 5.91 Å². The second kappa shape index (κ2) is 6.32. The van der Waals surface area contributed by atoms with Gasteiger partial charge in [-0.2, -0.15) is 0 Å². The molecule has 0 bridgehead atoms. The Labute approximate surface area is 125 Å². The number of anilines is 1. The van der Waals surface area contributed by atoms with Crippen LogP contribution in [-0.4, -0.2) is 46.0 Å². The molecule has 20 heavy (non-hydrogen) atoms. The van der Waals surface area contributed by atoms with E-state index in [1.165, 1.54) is 0 Å². The molecule has 2 unspecified atom stereocenters. The molecular weight excluding hydrogens is 326 g/mol. The van der Waals surface area contributed by atoms with Crippen molar-refractivity contribution < 1.29 is 14.7 Å². The fourth-order valence-electron chi connectivity index (χ4n) is 2.37. The lowest BCUT2D eigenvalue weighted by molar-refractivity contribution is -0.142. The maximum atomic E-state index is 11.9. The van der Waals surface area contributed by atoms with Gasteiger partial charge in [-0.15, -0.1) is 0 Å². The highest BCUT2D eigenvalue weighted by Gasteiger charge is 2.36. The first-order valence-corrected chi connectivity index (χ1v) is 7.15. The van der Waals surface area contributed by atoms with E-state index in [9.17, 15) is 9.59 Å². The van der Waals surface area contributed by atoms with E-state index in [-0.39, 0.29) is 18.5 Å². The molecule has 6 nitrogen and oxygen atoms in total. The summed E-state index contributed by atoms with van der Waals surface area (Å²) in [7, 11) is 0. The summed E-state index contributed by atoms with van der Waals surface area (Å²) in [6.07, 6.45) is 2.19. The number of aliphatic carboxylic acids is 1. The largest absolute Gasteiger partial charge is 0.481 e. The topological polar surface area (TPSA) is 82.5 Å². The Bertz CT molecular complexity index is 506. The zero-order valence-corrected chi connectivity index (χ0v) is 12.6. The number of hydrogen-bond donors (Lipinski definition) is 2. The minimum absolute atomic E-state index is 0.129. The highest BCUT2D eigenvalue weighted by atomic mass is 79.9. The molecule has 108 valence electrons. The molecule has 2 N–H and O–H groups in total. The average Bonchev–Trinajstić information content (AvgIpc) is 2.74. The lowest BCUT2D eigenvalue weighted by Gasteiger charge is -2.22. The van der Waals surface area contributed by atoms with Crippen LogP contribution < -0.4 is 5.32 Å². The number of nitrogens with one attached hydrogen (secondary N) is 1. The van der Waals surface area contributed by atoms with Gasteiger partial charge in [0.1, 0.15) is 5.82 Å². The summed E-state index contributed by atoms with van der Waals surface area (Å²) >= 11 is 3.27. The number of carbonyl (C=O) groups excluding carboxylic acids is 1. The number of carbonyl (C=O) groups is 2. The van der Waals surface area contributed by atoms with Crippen LogP contribution in [0.5, 0.6) is 0 Å². The number of carboxylic acids is 1. The summed E-state index contributed by atoms with van der Waals surface area (Å²) < 4.78 is 0.841. The van der Waals surface area contributed by atoms with E-state index in [1.54, 1.807) is 18.3 Å². The first-order chi connectivity index (χ1) is 9.47. The lowest BCUT2D eigenvalue weighted by Crippen LogP contribution is -2.38. The Hall–Kier alpha value is -1.47. The predicted molar refractivity (Wildman–Crippen MR) is 77.3 cm³/mol. The van der Waals surface area contributed by atoms with Gasteiger partial charge >= 0.3 is 5.97 Å². The zero-order valence-electron chi connectivity index (χ0n) is 11.0. The summed E-state index contributed by atoms with van der Waals surface area (Å²) in [5.74, 6) is -0.888. The van der Waals surface area contributed by atoms with Crippen LogP contribution in [-0.2, 0) is 9.59 Å². The Morgan fingerprint density at radius 1 is 1.55 bits per heavy atom. The standard InChI is InChI=1S/C13H16BrN3O3/c1-8-10(13(19)20)4-5-17(8)7-12(18)16-11-3-2-9(14)6-15-11/h2-3,6,8,10H,4-5,7H2,1H3,(H,19,20)(H,15,16,18). The van der Waals surface area contributed by atoms with Crippen molar-refractivity contribution in [2.24, 2.45) is 5.92 Å². The van der Waals surface area contributed by atoms with Crippen LogP contribution >= 0.6 is 15.9 Å². The highest BCUT2D eigenvalue weighted by Crippen LogP contribution is 2.23. The Morgan fingerprint density at radius 2 is 2.30 bits per heavy atom. The van der Waals surface area contributed by atoms with Crippen molar-refractivity contribution in [2.75, 3.05) is 18.4 Å². The molecule has 2 rings (SSSR count). The summed E-state index contributed by atoms with van der Waals surface area (Å²) in [5.41, 5.74) is 0. The molecule has 1 aromatic heterocycles. The molecule has 1 aliphatic rings. The van der Waals surface area contributed by atoms with Crippen LogP contribution in [0.1, 0.15) is 13.3 Å². The van der Waals surface area contributed by atoms with Gasteiger partial charge in [-0.25, -0.2) is 4.98 Å². The second-order valence-corrected chi connectivity index (χ2v) is 5.77. The van der Waals surface area contributed by atoms with Crippen LogP contribution in [0.4, 0.5) is 5.82 Å². The first-order valence-electron chi connectivity index (χ1n) is 6.35. The SMILES string of the molecule is CC1C(C(=O)O)CCN1CC(=O)Nc1ccc(Br)cn1. The maximum absolute atomic E-state index is 11.9. The molecule has 0 aliphatic carbocycles. The van der Waals surface area contributed by atoms with Crippen molar-refractivity contribution in [2.45, 2.75) is 19.4 Å². The van der Waals surface area contributed by atoms with Crippen molar-refractivity contribution in [1.82, 2.24) is 9.88 Å². The summed E-state index contributed by atoms with van der Waals surface area (Å²) in [4.78, 5) is 28.9. The van der Waals surface area contributed by atoms with Crippen molar-refractivity contribution in [1.29, 1.82) is 0 Å². The number of rotatable bonds is 4. The van der Waals surface area contributed by atoms with Gasteiger partial charge in [0.25, 0.3) is 0 Å². The van der Waals surface area contributed by atoms with Gasteiger partial charge in [-0.05, 0) is 48.0 Å². The van der Waals surface area contributed by atoms with Crippen LogP contribution in [0, 0.1) is 5.92 Å². The fraction of sp³-hybridized carbons (Fsp3) is 0.462. The normalized spacial score (nSPS) is 22.7. The third-order valence-corrected chi connectivity index (χ3v) is 4.01. The van der Waals surface area contributed by atoms with Crippen LogP contribution in [0.2, 0.25) is 0 Å². The van der Waals surface area contributed by atoms with Crippen molar-refractivity contribution in [3.05, 3.63) is 22.8 Å². The van der Waals surface area contributed by atoms with E-state index in [2.05, 4.69) is 26.2 Å². The van der Waals surface area contributed by atoms with Gasteiger partial charge in [0.15, 0.2) is 0 Å². The highest BCUT2D eigenvalue weighted by molar-refractivity contribution is 9.10. The Balaban J connectivity index is 1.89. The van der Waals surface area contributed by atoms with Gasteiger partial charge in [-0.1, -0.05) is 0 Å². The second-order valence-electron chi connectivity index (χ2n) is 4.85. The third kappa shape index (κ3) is 3.55. The predicted octanol–water partition coefficient (Wildman–Crippen LogP) is 1.58. The van der Waals surface area contributed by atoms with E-state index in [0.29, 0.717) is 18.8 Å². The summed E-state index contributed by atoms with van der Waals surface area (Å²) in [6.45, 7) is 2.65. The molecule has 0 spiro atoms. The minimum atomic E-state index is -0.796. The molecule has 2 atom stereocenters. The molecule has 1 amide bonds. The van der Waals surface area contributed by atoms with Gasteiger partial charge in [0, 0.05) is 16.7 Å². The van der Waals surface area contributed by atoms with Crippen LogP contribution in [0.3, 0.4) is 0 Å². The van der Waals surface area contributed by atoms with Crippen molar-refractivity contribution in [3.63, 3.8) is 0 Å². The molecule has 1 saturated heterocycles. The molecule has 0 aromatic carbocycles. The molecular formula is C13H16BrN3O3. The minimum Gasteiger partial charge on any atom is -0.481 e. The number of aromatic nitrogens is 1. The lowest BCUT2D eigenvalue weighted by atomic mass is 10.0. The van der Waals surface area contributed by atoms with Crippen molar-refractivity contribution in [3.8, 4) is 0 Å². The molecule has 2 heterocycles. The summed E-state index contributed by atoms with van der Waals surface area (Å²) in [6, 6.07) is 3.37. The quantitative estimate of drug-likeness (QED) is 0.868. The number of pyridine rings is 1. The monoisotopic (exact) mass is 341 g/mol. The third-order valence-electron chi connectivity index (χ3n) is 3.54. The first kappa shape index (κ1) is 14.9. The number of halogens is 1. The fourth-order valence-corrected chi connectivity index (χ4v) is 2.61. The number of likely N-dealkylation sites (tertiary alicyclic amines) is 1. The van der Waals surface area contributed by atoms with Crippen LogP contribution in [0.15, 0.2) is 22.8 Å². The van der Waals surface area contributed by atoms with E-state index in [0.717, 1.165) is 4.47 Å². The van der Waals surface area contributed by atoms with Gasteiger partial charge in [-0.3, -0.25) is 14.5 Å².